The second-order valence-corrected chi connectivity index (χ2v) is 4.68. The van der Waals surface area contributed by atoms with Gasteiger partial charge in [0, 0.05) is 29.7 Å². The number of hydrogen-bond acceptors (Lipinski definition) is 2. The van der Waals surface area contributed by atoms with Gasteiger partial charge in [0.2, 0.25) is 5.91 Å². The molecule has 2 rings (SSSR count). The monoisotopic (exact) mass is 245 g/mol. The Hall–Kier alpha value is -1.81. The minimum Gasteiger partial charge on any atom is -0.361 e. The molecule has 1 aromatic carbocycles. The summed E-state index contributed by atoms with van der Waals surface area (Å²) in [6.07, 6.45) is 1.93. The molecule has 4 nitrogen and oxygen atoms in total. The molecule has 1 amide bonds. The molecule has 0 aliphatic heterocycles. The van der Waals surface area contributed by atoms with Crippen molar-refractivity contribution < 1.29 is 4.79 Å². The molecule has 0 bridgehead atoms. The standard InChI is InChI=1S/C14H19N3O/c1-10(2)17-14(18)9-15-8-11-4-3-5-13-12(11)6-7-16-13/h3-7,10,15-16H,8-9H2,1-2H3,(H,17,18). The molecule has 0 aliphatic rings. The predicted molar refractivity (Wildman–Crippen MR) is 73.3 cm³/mol. The van der Waals surface area contributed by atoms with E-state index < -0.39 is 0 Å². The van der Waals surface area contributed by atoms with E-state index in [9.17, 15) is 4.79 Å². The SMILES string of the molecule is CC(C)NC(=O)CNCc1cccc2[nH]ccc12. The Labute approximate surface area is 107 Å². The number of aromatic amines is 1. The van der Waals surface area contributed by atoms with E-state index in [1.54, 1.807) is 0 Å². The summed E-state index contributed by atoms with van der Waals surface area (Å²) in [5.74, 6) is 0.0336. The molecule has 0 unspecified atom stereocenters. The summed E-state index contributed by atoms with van der Waals surface area (Å²) < 4.78 is 0. The maximum Gasteiger partial charge on any atom is 0.234 e. The minimum atomic E-state index is 0.0336. The van der Waals surface area contributed by atoms with E-state index in [-0.39, 0.29) is 11.9 Å². The first-order valence-electron chi connectivity index (χ1n) is 6.22. The predicted octanol–water partition coefficient (Wildman–Crippen LogP) is 1.78. The first-order valence-corrected chi connectivity index (χ1v) is 6.22. The lowest BCUT2D eigenvalue weighted by Gasteiger charge is -2.09. The highest BCUT2D eigenvalue weighted by atomic mass is 16.1. The number of nitrogens with one attached hydrogen (secondary N) is 3. The van der Waals surface area contributed by atoms with Crippen molar-refractivity contribution in [1.82, 2.24) is 15.6 Å². The van der Waals surface area contributed by atoms with Crippen molar-refractivity contribution in [1.29, 1.82) is 0 Å². The van der Waals surface area contributed by atoms with Crippen LogP contribution in [0.25, 0.3) is 10.9 Å². The fourth-order valence-corrected chi connectivity index (χ4v) is 1.99. The Morgan fingerprint density at radius 3 is 2.94 bits per heavy atom. The molecule has 1 aromatic heterocycles. The molecular formula is C14H19N3O. The maximum atomic E-state index is 11.5. The Morgan fingerprint density at radius 1 is 1.33 bits per heavy atom. The summed E-state index contributed by atoms with van der Waals surface area (Å²) in [5.41, 5.74) is 2.33. The van der Waals surface area contributed by atoms with Gasteiger partial charge in [-0.1, -0.05) is 12.1 Å². The first kappa shape index (κ1) is 12.6. The van der Waals surface area contributed by atoms with Crippen molar-refractivity contribution in [2.45, 2.75) is 26.4 Å². The Kier molecular flexibility index (Phi) is 3.99. The van der Waals surface area contributed by atoms with Crippen LogP contribution in [0.4, 0.5) is 0 Å². The first-order chi connectivity index (χ1) is 8.66. The number of H-pyrrole nitrogens is 1. The number of amides is 1. The molecule has 0 radical (unpaired) electrons. The van der Waals surface area contributed by atoms with Crippen molar-refractivity contribution >= 4 is 16.8 Å². The summed E-state index contributed by atoms with van der Waals surface area (Å²) in [5, 5.41) is 7.22. The summed E-state index contributed by atoms with van der Waals surface area (Å²) in [6, 6.07) is 8.38. The summed E-state index contributed by atoms with van der Waals surface area (Å²) in [6.45, 7) is 4.95. The molecular weight excluding hydrogens is 226 g/mol. The molecule has 0 saturated carbocycles. The van der Waals surface area contributed by atoms with Crippen molar-refractivity contribution in [3.05, 3.63) is 36.0 Å². The third kappa shape index (κ3) is 3.11. The van der Waals surface area contributed by atoms with Gasteiger partial charge in [0.15, 0.2) is 0 Å². The molecule has 0 atom stereocenters. The molecule has 3 N–H and O–H groups in total. The maximum absolute atomic E-state index is 11.5. The van der Waals surface area contributed by atoms with E-state index in [1.807, 2.05) is 32.2 Å². The van der Waals surface area contributed by atoms with Crippen LogP contribution >= 0.6 is 0 Å². The van der Waals surface area contributed by atoms with Crippen LogP contribution in [-0.4, -0.2) is 23.5 Å². The van der Waals surface area contributed by atoms with E-state index in [4.69, 9.17) is 0 Å². The number of aromatic nitrogens is 1. The molecule has 4 heteroatoms. The van der Waals surface area contributed by atoms with E-state index in [0.29, 0.717) is 13.1 Å². The average molecular weight is 245 g/mol. The van der Waals surface area contributed by atoms with E-state index in [2.05, 4.69) is 27.8 Å². The number of hydrogen-bond donors (Lipinski definition) is 3. The molecule has 18 heavy (non-hydrogen) atoms. The zero-order valence-corrected chi connectivity index (χ0v) is 10.8. The molecule has 0 fully saturated rings. The van der Waals surface area contributed by atoms with Crippen molar-refractivity contribution in [2.24, 2.45) is 0 Å². The van der Waals surface area contributed by atoms with Crippen molar-refractivity contribution in [3.63, 3.8) is 0 Å². The highest BCUT2D eigenvalue weighted by Crippen LogP contribution is 2.16. The second-order valence-electron chi connectivity index (χ2n) is 4.68. The van der Waals surface area contributed by atoms with Gasteiger partial charge in [0.25, 0.3) is 0 Å². The Balaban J connectivity index is 1.90. The number of carbonyl (C=O) groups excluding carboxylic acids is 1. The van der Waals surface area contributed by atoms with Gasteiger partial charge < -0.3 is 15.6 Å². The number of rotatable bonds is 5. The Morgan fingerprint density at radius 2 is 2.17 bits per heavy atom. The number of fused-ring (bicyclic) bond motifs is 1. The Bertz CT molecular complexity index is 531. The van der Waals surface area contributed by atoms with E-state index in [1.165, 1.54) is 10.9 Å². The highest BCUT2D eigenvalue weighted by molar-refractivity contribution is 5.83. The zero-order valence-electron chi connectivity index (χ0n) is 10.8. The molecule has 0 saturated heterocycles. The second kappa shape index (κ2) is 5.69. The van der Waals surface area contributed by atoms with Crippen LogP contribution in [0.15, 0.2) is 30.5 Å². The van der Waals surface area contributed by atoms with Crippen molar-refractivity contribution in [3.8, 4) is 0 Å². The van der Waals surface area contributed by atoms with Gasteiger partial charge in [0.1, 0.15) is 0 Å². The third-order valence-corrected chi connectivity index (χ3v) is 2.74. The molecule has 0 spiro atoms. The quantitative estimate of drug-likeness (QED) is 0.752. The zero-order chi connectivity index (χ0) is 13.0. The number of benzene rings is 1. The largest absolute Gasteiger partial charge is 0.361 e. The van der Waals surface area contributed by atoms with Gasteiger partial charge in [-0.15, -0.1) is 0 Å². The van der Waals surface area contributed by atoms with Crippen LogP contribution in [0.3, 0.4) is 0 Å². The topological polar surface area (TPSA) is 56.9 Å². The number of carbonyl (C=O) groups is 1. The van der Waals surface area contributed by atoms with Crippen LogP contribution in [0, 0.1) is 0 Å². The van der Waals surface area contributed by atoms with E-state index in [0.717, 1.165) is 5.52 Å². The third-order valence-electron chi connectivity index (χ3n) is 2.74. The minimum absolute atomic E-state index is 0.0336. The fraction of sp³-hybridized carbons (Fsp3) is 0.357. The van der Waals surface area contributed by atoms with E-state index >= 15 is 0 Å². The molecule has 1 heterocycles. The van der Waals surface area contributed by atoms with Crippen molar-refractivity contribution in [2.75, 3.05) is 6.54 Å². The van der Waals surface area contributed by atoms with Crippen LogP contribution in [0.1, 0.15) is 19.4 Å². The van der Waals surface area contributed by atoms with Crippen LogP contribution < -0.4 is 10.6 Å². The summed E-state index contributed by atoms with van der Waals surface area (Å²) in [4.78, 5) is 14.7. The molecule has 2 aromatic rings. The lowest BCUT2D eigenvalue weighted by Crippen LogP contribution is -2.37. The van der Waals surface area contributed by atoms with Crippen LogP contribution in [-0.2, 0) is 11.3 Å². The summed E-state index contributed by atoms with van der Waals surface area (Å²) >= 11 is 0. The highest BCUT2D eigenvalue weighted by Gasteiger charge is 2.04. The lowest BCUT2D eigenvalue weighted by atomic mass is 10.1. The van der Waals surface area contributed by atoms with Gasteiger partial charge in [-0.3, -0.25) is 4.79 Å². The van der Waals surface area contributed by atoms with Crippen LogP contribution in [0.2, 0.25) is 0 Å². The smallest absolute Gasteiger partial charge is 0.234 e. The average Bonchev–Trinajstić information content (AvgIpc) is 2.76. The fourth-order valence-electron chi connectivity index (χ4n) is 1.99. The van der Waals surface area contributed by atoms with Gasteiger partial charge in [-0.25, -0.2) is 0 Å². The van der Waals surface area contributed by atoms with Crippen LogP contribution in [0.5, 0.6) is 0 Å². The van der Waals surface area contributed by atoms with Gasteiger partial charge in [-0.05, 0) is 31.5 Å². The summed E-state index contributed by atoms with van der Waals surface area (Å²) in [7, 11) is 0. The normalized spacial score (nSPS) is 11.1. The van der Waals surface area contributed by atoms with Gasteiger partial charge in [-0.2, -0.15) is 0 Å². The van der Waals surface area contributed by atoms with Gasteiger partial charge in [0.05, 0.1) is 6.54 Å². The molecule has 0 aliphatic carbocycles. The molecule has 96 valence electrons. The lowest BCUT2D eigenvalue weighted by molar-refractivity contribution is -0.120. The van der Waals surface area contributed by atoms with Gasteiger partial charge >= 0.3 is 0 Å².